The average Bonchev–Trinajstić information content (AvgIpc) is 2.55. The molecule has 15 heavy (non-hydrogen) atoms. The third-order valence-corrected chi connectivity index (χ3v) is 2.91. The van der Waals surface area contributed by atoms with Crippen LogP contribution in [0.3, 0.4) is 0 Å². The molecular weight excluding hydrogens is 265 g/mol. The van der Waals surface area contributed by atoms with E-state index >= 15 is 0 Å². The minimum absolute atomic E-state index is 0.290. The molecule has 0 amide bonds. The minimum atomic E-state index is -0.488. The molecule has 0 saturated carbocycles. The van der Waals surface area contributed by atoms with Gasteiger partial charge in [-0.2, -0.15) is 0 Å². The van der Waals surface area contributed by atoms with E-state index in [1.165, 1.54) is 19.2 Å². The van der Waals surface area contributed by atoms with Gasteiger partial charge in [0.2, 0.25) is 0 Å². The van der Waals surface area contributed by atoms with Crippen molar-refractivity contribution in [3.8, 4) is 0 Å². The molecule has 0 aliphatic heterocycles. The van der Waals surface area contributed by atoms with Crippen LogP contribution in [0.1, 0.15) is 10.5 Å². The molecule has 0 radical (unpaired) electrons. The number of nitrogens with one attached hydrogen (secondary N) is 1. The van der Waals surface area contributed by atoms with Gasteiger partial charge in [0.05, 0.1) is 11.6 Å². The number of carbonyl (C=O) groups excluding carboxylic acids is 1. The summed E-state index contributed by atoms with van der Waals surface area (Å²) < 4.78 is 18.1. The maximum absolute atomic E-state index is 13.0. The van der Waals surface area contributed by atoms with Crippen LogP contribution < -0.4 is 0 Å². The first-order valence-electron chi connectivity index (χ1n) is 4.18. The van der Waals surface area contributed by atoms with Gasteiger partial charge in [-0.25, -0.2) is 9.18 Å². The van der Waals surface area contributed by atoms with Crippen molar-refractivity contribution in [1.29, 1.82) is 0 Å². The molecule has 0 aliphatic rings. The Morgan fingerprint density at radius 1 is 1.53 bits per heavy atom. The van der Waals surface area contributed by atoms with Crippen molar-refractivity contribution in [2.45, 2.75) is 0 Å². The number of hydrogen-bond acceptors (Lipinski definition) is 2. The van der Waals surface area contributed by atoms with Crippen LogP contribution in [0.25, 0.3) is 10.9 Å². The Hall–Kier alpha value is -1.36. The highest BCUT2D eigenvalue weighted by atomic mass is 79.9. The molecule has 2 aromatic rings. The number of fused-ring (bicyclic) bond motifs is 1. The molecule has 0 spiro atoms. The number of ether oxygens (including phenoxy) is 1. The number of hydrogen-bond donors (Lipinski definition) is 1. The number of halogens is 2. The molecule has 0 saturated heterocycles. The summed E-state index contributed by atoms with van der Waals surface area (Å²) in [5.41, 5.74) is 0.974. The maximum Gasteiger partial charge on any atom is 0.355 e. The van der Waals surface area contributed by atoms with Gasteiger partial charge >= 0.3 is 5.97 Å². The Morgan fingerprint density at radius 3 is 2.93 bits per heavy atom. The van der Waals surface area contributed by atoms with Crippen molar-refractivity contribution in [3.63, 3.8) is 0 Å². The van der Waals surface area contributed by atoms with Crippen LogP contribution in [0.5, 0.6) is 0 Å². The van der Waals surface area contributed by atoms with Gasteiger partial charge in [0.1, 0.15) is 11.5 Å². The van der Waals surface area contributed by atoms with E-state index in [0.29, 0.717) is 15.4 Å². The molecule has 0 atom stereocenters. The lowest BCUT2D eigenvalue weighted by Gasteiger charge is -1.94. The van der Waals surface area contributed by atoms with Gasteiger partial charge in [0, 0.05) is 10.9 Å². The Morgan fingerprint density at radius 2 is 2.27 bits per heavy atom. The van der Waals surface area contributed by atoms with Crippen LogP contribution >= 0.6 is 15.9 Å². The summed E-state index contributed by atoms with van der Waals surface area (Å²) in [6.45, 7) is 0. The SMILES string of the molecule is COC(=O)c1[nH]c2ccc(F)cc2c1Br. The summed E-state index contributed by atoms with van der Waals surface area (Å²) in [6.07, 6.45) is 0. The van der Waals surface area contributed by atoms with E-state index in [0.717, 1.165) is 0 Å². The minimum Gasteiger partial charge on any atom is -0.464 e. The smallest absolute Gasteiger partial charge is 0.355 e. The maximum atomic E-state index is 13.0. The fourth-order valence-corrected chi connectivity index (χ4v) is 1.96. The van der Waals surface area contributed by atoms with Gasteiger partial charge in [0.25, 0.3) is 0 Å². The molecule has 0 aliphatic carbocycles. The van der Waals surface area contributed by atoms with Gasteiger partial charge in [0.15, 0.2) is 0 Å². The third-order valence-electron chi connectivity index (χ3n) is 2.09. The number of rotatable bonds is 1. The van der Waals surface area contributed by atoms with Crippen molar-refractivity contribution in [1.82, 2.24) is 4.98 Å². The molecule has 2 rings (SSSR count). The second-order valence-corrected chi connectivity index (χ2v) is 3.79. The van der Waals surface area contributed by atoms with E-state index in [1.54, 1.807) is 6.07 Å². The van der Waals surface area contributed by atoms with E-state index in [4.69, 9.17) is 0 Å². The van der Waals surface area contributed by atoms with Crippen LogP contribution in [0.2, 0.25) is 0 Å². The number of aromatic amines is 1. The van der Waals surface area contributed by atoms with Gasteiger partial charge in [-0.3, -0.25) is 0 Å². The Balaban J connectivity index is 2.69. The number of aromatic nitrogens is 1. The number of esters is 1. The van der Waals surface area contributed by atoms with Crippen LogP contribution in [0.4, 0.5) is 4.39 Å². The molecule has 1 aromatic heterocycles. The summed E-state index contributed by atoms with van der Waals surface area (Å²) in [7, 11) is 1.29. The van der Waals surface area contributed by atoms with Crippen molar-refractivity contribution in [2.24, 2.45) is 0 Å². The van der Waals surface area contributed by atoms with Crippen molar-refractivity contribution < 1.29 is 13.9 Å². The Kier molecular flexibility index (Phi) is 2.48. The molecule has 1 aromatic carbocycles. The van der Waals surface area contributed by atoms with E-state index in [-0.39, 0.29) is 11.5 Å². The standard InChI is InChI=1S/C10H7BrFNO2/c1-15-10(14)9-8(11)6-4-5(12)2-3-7(6)13-9/h2-4,13H,1H3. The van der Waals surface area contributed by atoms with Crippen LogP contribution in [0, 0.1) is 5.82 Å². The normalized spacial score (nSPS) is 10.6. The molecular formula is C10H7BrFNO2. The lowest BCUT2D eigenvalue weighted by molar-refractivity contribution is 0.0594. The lowest BCUT2D eigenvalue weighted by Crippen LogP contribution is -2.01. The monoisotopic (exact) mass is 271 g/mol. The van der Waals surface area contributed by atoms with E-state index in [2.05, 4.69) is 25.7 Å². The average molecular weight is 272 g/mol. The first-order chi connectivity index (χ1) is 7.13. The first-order valence-corrected chi connectivity index (χ1v) is 4.98. The molecule has 5 heteroatoms. The number of H-pyrrole nitrogens is 1. The molecule has 0 fully saturated rings. The summed E-state index contributed by atoms with van der Waals surface area (Å²) in [5, 5.41) is 0.621. The predicted molar refractivity (Wildman–Crippen MR) is 57.3 cm³/mol. The number of carbonyl (C=O) groups is 1. The van der Waals surface area contributed by atoms with Gasteiger partial charge < -0.3 is 9.72 Å². The zero-order valence-electron chi connectivity index (χ0n) is 7.80. The summed E-state index contributed by atoms with van der Waals surface area (Å²) in [5.74, 6) is -0.836. The van der Waals surface area contributed by atoms with E-state index in [9.17, 15) is 9.18 Å². The second kappa shape index (κ2) is 3.66. The zero-order valence-corrected chi connectivity index (χ0v) is 9.39. The second-order valence-electron chi connectivity index (χ2n) is 3.00. The zero-order chi connectivity index (χ0) is 11.0. The topological polar surface area (TPSA) is 42.1 Å². The highest BCUT2D eigenvalue weighted by Gasteiger charge is 2.16. The Bertz CT molecular complexity index is 535. The van der Waals surface area contributed by atoms with Gasteiger partial charge in [-0.05, 0) is 34.1 Å². The predicted octanol–water partition coefficient (Wildman–Crippen LogP) is 2.86. The quantitative estimate of drug-likeness (QED) is 0.811. The molecule has 78 valence electrons. The first kappa shape index (κ1) is 10.2. The van der Waals surface area contributed by atoms with Crippen molar-refractivity contribution in [3.05, 3.63) is 34.2 Å². The van der Waals surface area contributed by atoms with Crippen LogP contribution in [-0.2, 0) is 4.74 Å². The molecule has 0 unspecified atom stereocenters. The summed E-state index contributed by atoms with van der Waals surface area (Å²) in [6, 6.07) is 4.25. The third kappa shape index (κ3) is 1.63. The van der Waals surface area contributed by atoms with Gasteiger partial charge in [-0.15, -0.1) is 0 Å². The Labute approximate surface area is 93.4 Å². The fourth-order valence-electron chi connectivity index (χ4n) is 1.37. The summed E-state index contributed by atoms with van der Waals surface area (Å²) in [4.78, 5) is 14.2. The van der Waals surface area contributed by atoms with Crippen LogP contribution in [0.15, 0.2) is 22.7 Å². The van der Waals surface area contributed by atoms with E-state index in [1.807, 2.05) is 0 Å². The summed E-state index contributed by atoms with van der Waals surface area (Å²) >= 11 is 3.23. The highest BCUT2D eigenvalue weighted by Crippen LogP contribution is 2.28. The number of methoxy groups -OCH3 is 1. The fraction of sp³-hybridized carbons (Fsp3) is 0.100. The van der Waals surface area contributed by atoms with E-state index < -0.39 is 5.97 Å². The molecule has 0 bridgehead atoms. The molecule has 3 nitrogen and oxygen atoms in total. The lowest BCUT2D eigenvalue weighted by atomic mass is 10.2. The van der Waals surface area contributed by atoms with Crippen molar-refractivity contribution in [2.75, 3.05) is 7.11 Å². The van der Waals surface area contributed by atoms with Crippen LogP contribution in [-0.4, -0.2) is 18.1 Å². The number of benzene rings is 1. The van der Waals surface area contributed by atoms with Gasteiger partial charge in [-0.1, -0.05) is 0 Å². The molecule has 1 heterocycles. The molecule has 1 N–H and O–H groups in total. The van der Waals surface area contributed by atoms with Crippen molar-refractivity contribution >= 4 is 32.8 Å². The largest absolute Gasteiger partial charge is 0.464 e. The highest BCUT2D eigenvalue weighted by molar-refractivity contribution is 9.10.